The van der Waals surface area contributed by atoms with Crippen molar-refractivity contribution in [1.82, 2.24) is 0 Å². The SMILES string of the molecule is CC(=O)Nc1ccc(NC(=O)/C(C#N)=C/c2cc([N+](=O)[O-])ccc2Cl)cc1. The lowest BCUT2D eigenvalue weighted by atomic mass is 10.1. The van der Waals surface area contributed by atoms with Crippen LogP contribution < -0.4 is 10.6 Å². The van der Waals surface area contributed by atoms with Crippen LogP contribution in [0.3, 0.4) is 0 Å². The molecule has 0 aliphatic carbocycles. The maximum atomic E-state index is 12.3. The molecule has 2 N–H and O–H groups in total. The molecule has 0 aliphatic rings. The van der Waals surface area contributed by atoms with E-state index in [1.807, 2.05) is 0 Å². The minimum atomic E-state index is -0.702. The number of amides is 2. The van der Waals surface area contributed by atoms with E-state index in [1.54, 1.807) is 30.3 Å². The van der Waals surface area contributed by atoms with Crippen molar-refractivity contribution in [2.75, 3.05) is 10.6 Å². The maximum Gasteiger partial charge on any atom is 0.270 e. The van der Waals surface area contributed by atoms with Crippen LogP contribution in [0.4, 0.5) is 17.1 Å². The van der Waals surface area contributed by atoms with E-state index in [-0.39, 0.29) is 27.8 Å². The first-order valence-corrected chi connectivity index (χ1v) is 7.92. The standard InChI is InChI=1S/C18H13ClN4O4/c1-11(24)21-14-2-4-15(5-3-14)22-18(25)13(10-20)8-12-9-16(23(26)27)6-7-17(12)19/h2-9H,1H3,(H,21,24)(H,22,25)/b13-8+. The number of non-ortho nitro benzene ring substituents is 1. The number of nitro benzene ring substituents is 1. The fraction of sp³-hybridized carbons (Fsp3) is 0.0556. The molecule has 9 heteroatoms. The molecule has 0 atom stereocenters. The molecule has 0 radical (unpaired) electrons. The topological polar surface area (TPSA) is 125 Å². The predicted molar refractivity (Wildman–Crippen MR) is 101 cm³/mol. The van der Waals surface area contributed by atoms with Crippen LogP contribution in [0.5, 0.6) is 0 Å². The number of hydrogen-bond acceptors (Lipinski definition) is 5. The highest BCUT2D eigenvalue weighted by molar-refractivity contribution is 6.32. The summed E-state index contributed by atoms with van der Waals surface area (Å²) in [6.07, 6.45) is 1.18. The molecule has 2 aromatic carbocycles. The van der Waals surface area contributed by atoms with Gasteiger partial charge in [-0.05, 0) is 36.4 Å². The molecular weight excluding hydrogens is 372 g/mol. The van der Waals surface area contributed by atoms with Gasteiger partial charge in [0.1, 0.15) is 11.6 Å². The number of nitrogens with one attached hydrogen (secondary N) is 2. The summed E-state index contributed by atoms with van der Waals surface area (Å²) < 4.78 is 0. The first-order valence-electron chi connectivity index (χ1n) is 7.55. The second-order valence-corrected chi connectivity index (χ2v) is 5.75. The molecule has 136 valence electrons. The summed E-state index contributed by atoms with van der Waals surface area (Å²) in [5, 5.41) is 25.4. The Morgan fingerprint density at radius 2 is 1.74 bits per heavy atom. The molecule has 2 rings (SSSR count). The number of carbonyl (C=O) groups excluding carboxylic acids is 2. The van der Waals surface area contributed by atoms with Gasteiger partial charge in [-0.3, -0.25) is 19.7 Å². The summed E-state index contributed by atoms with van der Waals surface area (Å²) in [6, 6.07) is 11.7. The number of hydrogen-bond donors (Lipinski definition) is 2. The normalized spacial score (nSPS) is 10.6. The third kappa shape index (κ3) is 5.39. The molecule has 2 aromatic rings. The Morgan fingerprint density at radius 1 is 1.15 bits per heavy atom. The molecule has 0 spiro atoms. The van der Waals surface area contributed by atoms with E-state index in [0.29, 0.717) is 11.4 Å². The summed E-state index contributed by atoms with van der Waals surface area (Å²) in [5.41, 5.74) is 0.652. The fourth-order valence-corrected chi connectivity index (χ4v) is 2.27. The lowest BCUT2D eigenvalue weighted by molar-refractivity contribution is -0.384. The van der Waals surface area contributed by atoms with Gasteiger partial charge in [0.05, 0.1) is 4.92 Å². The van der Waals surface area contributed by atoms with Crippen molar-refractivity contribution in [3.05, 3.63) is 68.7 Å². The number of halogens is 1. The zero-order valence-electron chi connectivity index (χ0n) is 14.0. The number of rotatable bonds is 5. The third-order valence-corrected chi connectivity index (χ3v) is 3.66. The van der Waals surface area contributed by atoms with E-state index in [1.165, 1.54) is 31.2 Å². The molecule has 0 aromatic heterocycles. The maximum absolute atomic E-state index is 12.3. The summed E-state index contributed by atoms with van der Waals surface area (Å²) >= 11 is 5.98. The zero-order valence-corrected chi connectivity index (χ0v) is 14.8. The molecule has 0 saturated carbocycles. The molecule has 0 fully saturated rings. The van der Waals surface area contributed by atoms with Crippen LogP contribution in [0, 0.1) is 21.4 Å². The molecule has 8 nitrogen and oxygen atoms in total. The molecule has 0 aliphatic heterocycles. The Kier molecular flexibility index (Phi) is 6.25. The zero-order chi connectivity index (χ0) is 20.0. The Hall–Kier alpha value is -3.70. The predicted octanol–water partition coefficient (Wildman–Crippen LogP) is 3.75. The second kappa shape index (κ2) is 8.60. The van der Waals surface area contributed by atoms with Gasteiger partial charge in [0.25, 0.3) is 11.6 Å². The number of nitro groups is 1. The van der Waals surface area contributed by atoms with E-state index >= 15 is 0 Å². The first kappa shape index (κ1) is 19.6. The number of benzene rings is 2. The number of carbonyl (C=O) groups is 2. The summed E-state index contributed by atoms with van der Waals surface area (Å²) in [7, 11) is 0. The van der Waals surface area contributed by atoms with Crippen molar-refractivity contribution < 1.29 is 14.5 Å². The lowest BCUT2D eigenvalue weighted by Crippen LogP contribution is -2.13. The Bertz CT molecular complexity index is 978. The molecule has 27 heavy (non-hydrogen) atoms. The van der Waals surface area contributed by atoms with Gasteiger partial charge < -0.3 is 10.6 Å². The van der Waals surface area contributed by atoms with Crippen LogP contribution in [0.1, 0.15) is 12.5 Å². The average Bonchev–Trinajstić information content (AvgIpc) is 2.61. The monoisotopic (exact) mass is 384 g/mol. The number of nitriles is 1. The minimum Gasteiger partial charge on any atom is -0.326 e. The van der Waals surface area contributed by atoms with Gasteiger partial charge in [-0.1, -0.05) is 11.6 Å². The van der Waals surface area contributed by atoms with Crippen LogP contribution in [0.15, 0.2) is 48.0 Å². The quantitative estimate of drug-likeness (QED) is 0.351. The van der Waals surface area contributed by atoms with Gasteiger partial charge in [0.15, 0.2) is 0 Å². The Labute approximate surface area is 159 Å². The smallest absolute Gasteiger partial charge is 0.270 e. The van der Waals surface area contributed by atoms with Gasteiger partial charge in [-0.25, -0.2) is 0 Å². The van der Waals surface area contributed by atoms with Crippen molar-refractivity contribution in [2.24, 2.45) is 0 Å². The van der Waals surface area contributed by atoms with Gasteiger partial charge >= 0.3 is 0 Å². The van der Waals surface area contributed by atoms with Crippen LogP contribution >= 0.6 is 11.6 Å². The van der Waals surface area contributed by atoms with E-state index in [4.69, 9.17) is 11.6 Å². The van der Waals surface area contributed by atoms with Crippen molar-refractivity contribution in [1.29, 1.82) is 5.26 Å². The molecule has 0 unspecified atom stereocenters. The van der Waals surface area contributed by atoms with Crippen LogP contribution in [0.25, 0.3) is 6.08 Å². The van der Waals surface area contributed by atoms with Gasteiger partial charge in [-0.2, -0.15) is 5.26 Å². The molecular formula is C18H13ClN4O4. The molecule has 2 amide bonds. The third-order valence-electron chi connectivity index (χ3n) is 3.32. The second-order valence-electron chi connectivity index (χ2n) is 5.35. The van der Waals surface area contributed by atoms with Crippen molar-refractivity contribution in [3.63, 3.8) is 0 Å². The van der Waals surface area contributed by atoms with E-state index in [2.05, 4.69) is 10.6 Å². The Balaban J connectivity index is 2.22. The number of anilines is 2. The highest BCUT2D eigenvalue weighted by Crippen LogP contribution is 2.24. The highest BCUT2D eigenvalue weighted by Gasteiger charge is 2.13. The van der Waals surface area contributed by atoms with Crippen molar-refractivity contribution in [2.45, 2.75) is 6.92 Å². The van der Waals surface area contributed by atoms with Gasteiger partial charge in [-0.15, -0.1) is 0 Å². The molecule has 0 bridgehead atoms. The summed E-state index contributed by atoms with van der Waals surface area (Å²) in [4.78, 5) is 33.5. The van der Waals surface area contributed by atoms with E-state index < -0.39 is 10.8 Å². The van der Waals surface area contributed by atoms with Gasteiger partial charge in [0, 0.05) is 41.0 Å². The summed E-state index contributed by atoms with van der Waals surface area (Å²) in [5.74, 6) is -0.928. The Morgan fingerprint density at radius 3 is 2.26 bits per heavy atom. The first-order chi connectivity index (χ1) is 12.8. The fourth-order valence-electron chi connectivity index (χ4n) is 2.10. The lowest BCUT2D eigenvalue weighted by Gasteiger charge is -2.07. The van der Waals surface area contributed by atoms with E-state index in [0.717, 1.165) is 0 Å². The molecule has 0 saturated heterocycles. The van der Waals surface area contributed by atoms with Crippen molar-refractivity contribution in [3.8, 4) is 6.07 Å². The molecule has 0 heterocycles. The highest BCUT2D eigenvalue weighted by atomic mass is 35.5. The summed E-state index contributed by atoms with van der Waals surface area (Å²) in [6.45, 7) is 1.37. The van der Waals surface area contributed by atoms with Crippen LogP contribution in [0.2, 0.25) is 5.02 Å². The van der Waals surface area contributed by atoms with Crippen LogP contribution in [-0.4, -0.2) is 16.7 Å². The van der Waals surface area contributed by atoms with Gasteiger partial charge in [0.2, 0.25) is 5.91 Å². The van der Waals surface area contributed by atoms with Crippen LogP contribution in [-0.2, 0) is 9.59 Å². The number of nitrogens with zero attached hydrogens (tertiary/aromatic N) is 2. The average molecular weight is 385 g/mol. The minimum absolute atomic E-state index is 0.167. The van der Waals surface area contributed by atoms with Crippen molar-refractivity contribution >= 4 is 46.6 Å². The van der Waals surface area contributed by atoms with E-state index in [9.17, 15) is 25.0 Å². The largest absolute Gasteiger partial charge is 0.326 e.